The SMILES string of the molecule is CCNCC(=O)OCN1C(=O)Cc2cc(CCN3CCN(c4nsc5ccccc45)CC3)c(Cl)cc21. The zero-order valence-corrected chi connectivity index (χ0v) is 21.9. The summed E-state index contributed by atoms with van der Waals surface area (Å²) in [6, 6.07) is 12.3. The molecule has 8 nitrogen and oxygen atoms in total. The molecule has 0 unspecified atom stereocenters. The fraction of sp³-hybridized carbons (Fsp3) is 0.423. The summed E-state index contributed by atoms with van der Waals surface area (Å²) in [5.74, 6) is 0.627. The van der Waals surface area contributed by atoms with E-state index in [0.717, 1.165) is 61.8 Å². The molecule has 3 aromatic rings. The van der Waals surface area contributed by atoms with Gasteiger partial charge in [-0.2, -0.15) is 4.37 Å². The number of amides is 1. The third-order valence-electron chi connectivity index (χ3n) is 6.78. The average molecular weight is 528 g/mol. The molecule has 36 heavy (non-hydrogen) atoms. The Balaban J connectivity index is 1.16. The standard InChI is InChI=1S/C26H30ClN5O3S/c1-2-28-16-25(34)35-17-32-22-15-21(27)18(13-19(22)14-24(32)33)7-8-30-9-11-31(12-10-30)26-20-5-3-4-6-23(20)36-29-26/h3-6,13,15,28H,2,7-12,14,16-17H2,1H3. The predicted octanol–water partition coefficient (Wildman–Crippen LogP) is 3.31. The second-order valence-electron chi connectivity index (χ2n) is 9.08. The molecule has 1 saturated heterocycles. The maximum atomic E-state index is 12.6. The van der Waals surface area contributed by atoms with E-state index in [4.69, 9.17) is 20.7 Å². The van der Waals surface area contributed by atoms with Crippen molar-refractivity contribution in [3.8, 4) is 0 Å². The summed E-state index contributed by atoms with van der Waals surface area (Å²) in [5, 5.41) is 4.79. The number of esters is 1. The lowest BCUT2D eigenvalue weighted by Gasteiger charge is -2.35. The van der Waals surface area contributed by atoms with E-state index in [1.165, 1.54) is 15.0 Å². The number of rotatable bonds is 9. The normalized spacial score (nSPS) is 16.1. The van der Waals surface area contributed by atoms with Gasteiger partial charge in [-0.05, 0) is 53.8 Å². The maximum Gasteiger partial charge on any atom is 0.321 e. The molecule has 2 aliphatic heterocycles. The number of piperazine rings is 1. The van der Waals surface area contributed by atoms with E-state index in [2.05, 4.69) is 39.4 Å². The number of ether oxygens (including phenoxy) is 1. The largest absolute Gasteiger partial charge is 0.443 e. The first-order valence-electron chi connectivity index (χ1n) is 12.3. The van der Waals surface area contributed by atoms with Gasteiger partial charge in [0.25, 0.3) is 0 Å². The van der Waals surface area contributed by atoms with Crippen molar-refractivity contribution in [3.63, 3.8) is 0 Å². The Labute approximate surface area is 219 Å². The minimum absolute atomic E-state index is 0.0832. The van der Waals surface area contributed by atoms with Gasteiger partial charge in [0.05, 0.1) is 23.4 Å². The fourth-order valence-corrected chi connectivity index (χ4v) is 5.80. The number of carbonyl (C=O) groups is 2. The van der Waals surface area contributed by atoms with Crippen LogP contribution < -0.4 is 15.1 Å². The molecule has 0 aliphatic carbocycles. The lowest BCUT2D eigenvalue weighted by atomic mass is 10.1. The molecule has 2 aliphatic rings. The van der Waals surface area contributed by atoms with Crippen molar-refractivity contribution in [2.75, 3.05) is 62.3 Å². The first kappa shape index (κ1) is 25.0. The molecule has 1 amide bonds. The highest BCUT2D eigenvalue weighted by Crippen LogP contribution is 2.34. The summed E-state index contributed by atoms with van der Waals surface area (Å²) in [4.78, 5) is 30.7. The van der Waals surface area contributed by atoms with Crippen LogP contribution in [0.5, 0.6) is 0 Å². The Kier molecular flexibility index (Phi) is 7.71. The van der Waals surface area contributed by atoms with Gasteiger partial charge in [-0.1, -0.05) is 36.7 Å². The predicted molar refractivity (Wildman–Crippen MR) is 144 cm³/mol. The number of nitrogens with one attached hydrogen (secondary N) is 1. The number of aromatic nitrogens is 1. The highest BCUT2D eigenvalue weighted by Gasteiger charge is 2.29. The molecule has 1 fully saturated rings. The van der Waals surface area contributed by atoms with E-state index in [1.807, 2.05) is 19.1 Å². The quantitative estimate of drug-likeness (QED) is 0.428. The van der Waals surface area contributed by atoms with Crippen LogP contribution in [0.2, 0.25) is 5.02 Å². The van der Waals surface area contributed by atoms with Crippen LogP contribution in [-0.2, 0) is 27.2 Å². The van der Waals surface area contributed by atoms with E-state index in [-0.39, 0.29) is 25.2 Å². The zero-order valence-electron chi connectivity index (χ0n) is 20.3. The van der Waals surface area contributed by atoms with Gasteiger partial charge in [-0.25, -0.2) is 0 Å². The van der Waals surface area contributed by atoms with Gasteiger partial charge >= 0.3 is 5.97 Å². The number of benzene rings is 2. The number of fused-ring (bicyclic) bond motifs is 2. The first-order valence-corrected chi connectivity index (χ1v) is 13.5. The molecule has 190 valence electrons. The second-order valence-corrected chi connectivity index (χ2v) is 10.3. The van der Waals surface area contributed by atoms with Crippen molar-refractivity contribution in [2.24, 2.45) is 0 Å². The lowest BCUT2D eigenvalue weighted by molar-refractivity contribution is -0.142. The summed E-state index contributed by atoms with van der Waals surface area (Å²) >= 11 is 8.19. The molecule has 3 heterocycles. The van der Waals surface area contributed by atoms with Crippen LogP contribution in [0.25, 0.3) is 10.1 Å². The van der Waals surface area contributed by atoms with E-state index < -0.39 is 0 Å². The van der Waals surface area contributed by atoms with Crippen molar-refractivity contribution in [2.45, 2.75) is 19.8 Å². The average Bonchev–Trinajstić information content (AvgIpc) is 3.45. The monoisotopic (exact) mass is 527 g/mol. The van der Waals surface area contributed by atoms with E-state index in [1.54, 1.807) is 11.5 Å². The summed E-state index contributed by atoms with van der Waals surface area (Å²) in [7, 11) is 0. The smallest absolute Gasteiger partial charge is 0.321 e. The van der Waals surface area contributed by atoms with Gasteiger partial charge in [0, 0.05) is 43.1 Å². The van der Waals surface area contributed by atoms with Crippen LogP contribution in [0.15, 0.2) is 36.4 Å². The molecular formula is C26H30ClN5O3S. The Morgan fingerprint density at radius 3 is 2.81 bits per heavy atom. The van der Waals surface area contributed by atoms with Gasteiger partial charge in [-0.15, -0.1) is 0 Å². The maximum absolute atomic E-state index is 12.6. The highest BCUT2D eigenvalue weighted by atomic mass is 35.5. The number of likely N-dealkylation sites (N-methyl/N-ethyl adjacent to an activating group) is 1. The van der Waals surface area contributed by atoms with Crippen molar-refractivity contribution in [1.29, 1.82) is 0 Å². The van der Waals surface area contributed by atoms with Crippen LogP contribution in [-0.4, -0.2) is 73.7 Å². The van der Waals surface area contributed by atoms with Crippen molar-refractivity contribution < 1.29 is 14.3 Å². The molecule has 0 spiro atoms. The van der Waals surface area contributed by atoms with Crippen LogP contribution >= 0.6 is 23.1 Å². The van der Waals surface area contributed by atoms with Crippen molar-refractivity contribution in [3.05, 3.63) is 52.5 Å². The Morgan fingerprint density at radius 2 is 2.00 bits per heavy atom. The Morgan fingerprint density at radius 1 is 1.19 bits per heavy atom. The van der Waals surface area contributed by atoms with Crippen LogP contribution in [0.1, 0.15) is 18.1 Å². The fourth-order valence-electron chi connectivity index (χ4n) is 4.75. The lowest BCUT2D eigenvalue weighted by Crippen LogP contribution is -2.47. The van der Waals surface area contributed by atoms with Crippen molar-refractivity contribution >= 4 is 56.6 Å². The minimum atomic E-state index is -0.385. The van der Waals surface area contributed by atoms with Crippen molar-refractivity contribution in [1.82, 2.24) is 14.6 Å². The molecule has 1 N–H and O–H groups in total. The molecule has 2 aromatic carbocycles. The summed E-state index contributed by atoms with van der Waals surface area (Å²) in [5.41, 5.74) is 2.71. The summed E-state index contributed by atoms with van der Waals surface area (Å²) in [6.07, 6.45) is 1.11. The van der Waals surface area contributed by atoms with Gasteiger partial charge in [0.1, 0.15) is 5.82 Å². The third-order valence-corrected chi connectivity index (χ3v) is 7.95. The number of anilines is 2. The Bertz CT molecular complexity index is 1260. The third kappa shape index (κ3) is 5.34. The molecule has 1 aromatic heterocycles. The molecular weight excluding hydrogens is 498 g/mol. The molecule has 0 atom stereocenters. The number of carbonyl (C=O) groups excluding carboxylic acids is 2. The van der Waals surface area contributed by atoms with E-state index >= 15 is 0 Å². The van der Waals surface area contributed by atoms with E-state index in [9.17, 15) is 9.59 Å². The zero-order chi connectivity index (χ0) is 25.1. The number of hydrogen-bond donors (Lipinski definition) is 1. The number of halogens is 1. The first-order chi connectivity index (χ1) is 17.5. The van der Waals surface area contributed by atoms with Crippen LogP contribution in [0.3, 0.4) is 0 Å². The van der Waals surface area contributed by atoms with Gasteiger partial charge in [0.15, 0.2) is 6.73 Å². The van der Waals surface area contributed by atoms with Gasteiger partial charge < -0.3 is 15.0 Å². The summed E-state index contributed by atoms with van der Waals surface area (Å²) < 4.78 is 11.2. The molecule has 0 radical (unpaired) electrons. The van der Waals surface area contributed by atoms with Gasteiger partial charge in [0.2, 0.25) is 5.91 Å². The minimum Gasteiger partial charge on any atom is -0.443 e. The number of nitrogens with zero attached hydrogens (tertiary/aromatic N) is 4. The van der Waals surface area contributed by atoms with Crippen LogP contribution in [0, 0.1) is 0 Å². The highest BCUT2D eigenvalue weighted by molar-refractivity contribution is 7.13. The Hall–Kier alpha value is -2.72. The molecule has 10 heteroatoms. The van der Waals surface area contributed by atoms with Crippen LogP contribution in [0.4, 0.5) is 11.5 Å². The number of hydrogen-bond acceptors (Lipinski definition) is 8. The molecule has 0 bridgehead atoms. The summed E-state index contributed by atoms with van der Waals surface area (Å²) in [6.45, 7) is 7.36. The topological polar surface area (TPSA) is 78.0 Å². The second kappa shape index (κ2) is 11.1. The molecule has 5 rings (SSSR count). The molecule has 0 saturated carbocycles. The van der Waals surface area contributed by atoms with Gasteiger partial charge in [-0.3, -0.25) is 19.4 Å². The van der Waals surface area contributed by atoms with E-state index in [0.29, 0.717) is 18.0 Å².